The van der Waals surface area contributed by atoms with Crippen molar-refractivity contribution in [3.63, 3.8) is 0 Å². The molecule has 0 aliphatic rings. The first-order valence-electron chi connectivity index (χ1n) is 8.09. The molecule has 6 nitrogen and oxygen atoms in total. The van der Waals surface area contributed by atoms with Crippen LogP contribution in [-0.2, 0) is 0 Å². The van der Waals surface area contributed by atoms with E-state index < -0.39 is 0 Å². The number of benzene rings is 2. The predicted molar refractivity (Wildman–Crippen MR) is 102 cm³/mol. The monoisotopic (exact) mass is 368 g/mol. The molecule has 7 heteroatoms. The molecule has 2 aromatic heterocycles. The molecule has 0 radical (unpaired) electrons. The molecule has 0 spiro atoms. The number of nitrogens with one attached hydrogen (secondary N) is 1. The number of nitrogens with zero attached hydrogens (tertiary/aromatic N) is 1. The van der Waals surface area contributed by atoms with Gasteiger partial charge in [0.2, 0.25) is 0 Å². The molecule has 0 aliphatic carbocycles. The molecule has 0 unspecified atom stereocenters. The molecular formula is C19H16N2O4S. The highest BCUT2D eigenvalue weighted by molar-refractivity contribution is 7.22. The van der Waals surface area contributed by atoms with Crippen molar-refractivity contribution in [3.05, 3.63) is 48.2 Å². The van der Waals surface area contributed by atoms with Crippen molar-refractivity contribution in [3.8, 4) is 11.5 Å². The zero-order chi connectivity index (χ0) is 18.1. The minimum absolute atomic E-state index is 0.207. The van der Waals surface area contributed by atoms with Crippen LogP contribution in [0.1, 0.15) is 17.5 Å². The molecule has 1 amide bonds. The second-order valence-electron chi connectivity index (χ2n) is 5.52. The topological polar surface area (TPSA) is 73.6 Å². The fourth-order valence-electron chi connectivity index (χ4n) is 2.68. The van der Waals surface area contributed by atoms with Crippen molar-refractivity contribution >= 4 is 43.6 Å². The maximum atomic E-state index is 12.5. The SMILES string of the molecule is CCOc1ccc2nc(NC(=O)c3cc4cccc(OC)c4o3)sc2c1. The first-order valence-corrected chi connectivity index (χ1v) is 8.91. The largest absolute Gasteiger partial charge is 0.494 e. The average Bonchev–Trinajstić information content (AvgIpc) is 3.24. The Balaban J connectivity index is 1.60. The summed E-state index contributed by atoms with van der Waals surface area (Å²) in [7, 11) is 1.56. The van der Waals surface area contributed by atoms with E-state index in [1.54, 1.807) is 19.2 Å². The first-order chi connectivity index (χ1) is 12.7. The van der Waals surface area contributed by atoms with Gasteiger partial charge in [-0.25, -0.2) is 4.98 Å². The summed E-state index contributed by atoms with van der Waals surface area (Å²) in [6, 6.07) is 12.8. The summed E-state index contributed by atoms with van der Waals surface area (Å²) in [5, 5.41) is 4.10. The molecule has 0 saturated heterocycles. The predicted octanol–water partition coefficient (Wildman–Crippen LogP) is 4.70. The molecule has 0 aliphatic heterocycles. The van der Waals surface area contributed by atoms with Gasteiger partial charge in [-0.3, -0.25) is 10.1 Å². The van der Waals surface area contributed by atoms with Crippen molar-refractivity contribution < 1.29 is 18.7 Å². The summed E-state index contributed by atoms with van der Waals surface area (Å²) >= 11 is 1.39. The standard InChI is InChI=1S/C19H16N2O4S/c1-3-24-12-7-8-13-16(10-12)26-19(20-13)21-18(22)15-9-11-5-4-6-14(23-2)17(11)25-15/h4-10H,3H2,1-2H3,(H,20,21,22). The van der Waals surface area contributed by atoms with Crippen LogP contribution in [0.5, 0.6) is 11.5 Å². The number of aromatic nitrogens is 1. The molecule has 1 N–H and O–H groups in total. The highest BCUT2D eigenvalue weighted by Crippen LogP contribution is 2.31. The smallest absolute Gasteiger partial charge is 0.293 e. The van der Waals surface area contributed by atoms with Gasteiger partial charge in [0.05, 0.1) is 23.9 Å². The maximum absolute atomic E-state index is 12.5. The maximum Gasteiger partial charge on any atom is 0.293 e. The zero-order valence-electron chi connectivity index (χ0n) is 14.2. The molecule has 0 fully saturated rings. The van der Waals surface area contributed by atoms with Crippen LogP contribution < -0.4 is 14.8 Å². The van der Waals surface area contributed by atoms with Gasteiger partial charge in [0.15, 0.2) is 22.2 Å². The van der Waals surface area contributed by atoms with E-state index in [9.17, 15) is 4.79 Å². The Bertz CT molecular complexity index is 1100. The Morgan fingerprint density at radius 3 is 2.96 bits per heavy atom. The van der Waals surface area contributed by atoms with Crippen molar-refractivity contribution in [1.29, 1.82) is 0 Å². The Kier molecular flexibility index (Phi) is 4.22. The minimum Gasteiger partial charge on any atom is -0.494 e. The number of hydrogen-bond acceptors (Lipinski definition) is 6. The summed E-state index contributed by atoms with van der Waals surface area (Å²) in [5.74, 6) is 1.22. The summed E-state index contributed by atoms with van der Waals surface area (Å²) in [6.07, 6.45) is 0. The number of amides is 1. The lowest BCUT2D eigenvalue weighted by Gasteiger charge is -2.00. The summed E-state index contributed by atoms with van der Waals surface area (Å²) in [6.45, 7) is 2.54. The third-order valence-electron chi connectivity index (χ3n) is 3.84. The third kappa shape index (κ3) is 2.97. The van der Waals surface area contributed by atoms with Gasteiger partial charge in [-0.05, 0) is 37.3 Å². The second-order valence-corrected chi connectivity index (χ2v) is 6.56. The van der Waals surface area contributed by atoms with E-state index >= 15 is 0 Å². The van der Waals surface area contributed by atoms with Crippen molar-refractivity contribution in [1.82, 2.24) is 4.98 Å². The highest BCUT2D eigenvalue weighted by Gasteiger charge is 2.16. The fraction of sp³-hybridized carbons (Fsp3) is 0.158. The molecule has 0 atom stereocenters. The normalized spacial score (nSPS) is 11.0. The quantitative estimate of drug-likeness (QED) is 0.553. The number of anilines is 1. The van der Waals surface area contributed by atoms with E-state index in [2.05, 4.69) is 10.3 Å². The van der Waals surface area contributed by atoms with Gasteiger partial charge in [-0.2, -0.15) is 0 Å². The number of fused-ring (bicyclic) bond motifs is 2. The van der Waals surface area contributed by atoms with Crippen LogP contribution in [0.25, 0.3) is 21.2 Å². The van der Waals surface area contributed by atoms with Gasteiger partial charge < -0.3 is 13.9 Å². The molecule has 2 heterocycles. The third-order valence-corrected chi connectivity index (χ3v) is 4.78. The number of methoxy groups -OCH3 is 1. The minimum atomic E-state index is -0.354. The molecule has 26 heavy (non-hydrogen) atoms. The van der Waals surface area contributed by atoms with Gasteiger partial charge >= 0.3 is 0 Å². The molecular weight excluding hydrogens is 352 g/mol. The first kappa shape index (κ1) is 16.4. The van der Waals surface area contributed by atoms with E-state index in [4.69, 9.17) is 13.9 Å². The number of thiazole rings is 1. The van der Waals surface area contributed by atoms with Crippen molar-refractivity contribution in [2.75, 3.05) is 19.0 Å². The molecule has 0 bridgehead atoms. The molecule has 4 aromatic rings. The lowest BCUT2D eigenvalue weighted by Crippen LogP contribution is -2.10. The summed E-state index contributed by atoms with van der Waals surface area (Å²) in [4.78, 5) is 17.0. The number of furan rings is 1. The molecule has 4 rings (SSSR count). The summed E-state index contributed by atoms with van der Waals surface area (Å²) in [5.41, 5.74) is 1.35. The van der Waals surface area contributed by atoms with Crippen LogP contribution in [-0.4, -0.2) is 24.6 Å². The number of para-hydroxylation sites is 1. The molecule has 132 valence electrons. The van der Waals surface area contributed by atoms with Gasteiger partial charge in [0, 0.05) is 5.39 Å². The lowest BCUT2D eigenvalue weighted by molar-refractivity contribution is 0.0998. The van der Waals surface area contributed by atoms with E-state index in [0.717, 1.165) is 21.4 Å². The second kappa shape index (κ2) is 6.68. The van der Waals surface area contributed by atoms with Gasteiger partial charge in [0.25, 0.3) is 5.91 Å². The van der Waals surface area contributed by atoms with Crippen LogP contribution in [0.3, 0.4) is 0 Å². The number of hydrogen-bond donors (Lipinski definition) is 1. The Morgan fingerprint density at radius 2 is 2.15 bits per heavy atom. The van der Waals surface area contributed by atoms with Crippen LogP contribution in [0.4, 0.5) is 5.13 Å². The van der Waals surface area contributed by atoms with E-state index in [0.29, 0.717) is 23.1 Å². The zero-order valence-corrected chi connectivity index (χ0v) is 15.1. The van der Waals surface area contributed by atoms with Crippen molar-refractivity contribution in [2.24, 2.45) is 0 Å². The lowest BCUT2D eigenvalue weighted by atomic mass is 10.2. The molecule has 0 saturated carbocycles. The van der Waals surface area contributed by atoms with E-state index in [1.165, 1.54) is 11.3 Å². The van der Waals surface area contributed by atoms with Gasteiger partial charge in [-0.15, -0.1) is 0 Å². The number of carbonyl (C=O) groups is 1. The number of rotatable bonds is 5. The van der Waals surface area contributed by atoms with Crippen molar-refractivity contribution in [2.45, 2.75) is 6.92 Å². The van der Waals surface area contributed by atoms with Crippen LogP contribution in [0, 0.1) is 0 Å². The molecule has 2 aromatic carbocycles. The average molecular weight is 368 g/mol. The van der Waals surface area contributed by atoms with E-state index in [1.807, 2.05) is 37.3 Å². The highest BCUT2D eigenvalue weighted by atomic mass is 32.1. The Morgan fingerprint density at radius 1 is 1.27 bits per heavy atom. The Labute approximate surface area is 153 Å². The van der Waals surface area contributed by atoms with Gasteiger partial charge in [0.1, 0.15) is 5.75 Å². The van der Waals surface area contributed by atoms with Gasteiger partial charge in [-0.1, -0.05) is 23.5 Å². The van der Waals surface area contributed by atoms with Crippen LogP contribution in [0.2, 0.25) is 0 Å². The Hall–Kier alpha value is -3.06. The number of carbonyl (C=O) groups excluding carboxylic acids is 1. The number of ether oxygens (including phenoxy) is 2. The van der Waals surface area contributed by atoms with Crippen LogP contribution in [0.15, 0.2) is 46.9 Å². The fourth-order valence-corrected chi connectivity index (χ4v) is 3.57. The van der Waals surface area contributed by atoms with E-state index in [-0.39, 0.29) is 11.7 Å². The summed E-state index contributed by atoms with van der Waals surface area (Å²) < 4.78 is 17.4. The van der Waals surface area contributed by atoms with Crippen LogP contribution >= 0.6 is 11.3 Å².